The lowest BCUT2D eigenvalue weighted by atomic mass is 10.2. The highest BCUT2D eigenvalue weighted by Crippen LogP contribution is 2.26. The molecule has 0 saturated heterocycles. The molecule has 2 N–H and O–H groups in total. The van der Waals surface area contributed by atoms with Crippen molar-refractivity contribution in [2.45, 2.75) is 6.92 Å². The number of nitrogens with one attached hydrogen (secondary N) is 2. The summed E-state index contributed by atoms with van der Waals surface area (Å²) in [5.74, 6) is 0.516. The van der Waals surface area contributed by atoms with Crippen LogP contribution in [0.25, 0.3) is 0 Å². The van der Waals surface area contributed by atoms with Crippen molar-refractivity contribution in [3.8, 4) is 11.5 Å². The second kappa shape index (κ2) is 7.49. The SMILES string of the molecule is Cc1cccc(NC(=O)Nc2cc(Oc3ccccc3)ccc2F)c1. The Morgan fingerprint density at radius 1 is 0.880 bits per heavy atom. The van der Waals surface area contributed by atoms with Gasteiger partial charge < -0.3 is 15.4 Å². The minimum absolute atomic E-state index is 0.0404. The van der Waals surface area contributed by atoms with Gasteiger partial charge in [0.15, 0.2) is 0 Å². The fraction of sp³-hybridized carbons (Fsp3) is 0.0500. The number of para-hydroxylation sites is 1. The van der Waals surface area contributed by atoms with Crippen molar-refractivity contribution >= 4 is 17.4 Å². The minimum atomic E-state index is -0.542. The first-order valence-corrected chi connectivity index (χ1v) is 7.77. The van der Waals surface area contributed by atoms with Gasteiger partial charge in [-0.05, 0) is 48.9 Å². The molecule has 0 radical (unpaired) electrons. The smallest absolute Gasteiger partial charge is 0.323 e. The van der Waals surface area contributed by atoms with Crippen molar-refractivity contribution in [3.05, 3.63) is 84.2 Å². The summed E-state index contributed by atoms with van der Waals surface area (Å²) in [7, 11) is 0. The molecule has 0 aliphatic rings. The van der Waals surface area contributed by atoms with E-state index >= 15 is 0 Å². The monoisotopic (exact) mass is 336 g/mol. The molecule has 0 aromatic heterocycles. The van der Waals surface area contributed by atoms with Gasteiger partial charge in [0.2, 0.25) is 0 Å². The van der Waals surface area contributed by atoms with E-state index in [4.69, 9.17) is 4.74 Å². The molecule has 3 aromatic carbocycles. The van der Waals surface area contributed by atoms with E-state index in [2.05, 4.69) is 10.6 Å². The van der Waals surface area contributed by atoms with Crippen LogP contribution in [0, 0.1) is 12.7 Å². The van der Waals surface area contributed by atoms with Crippen LogP contribution in [0.1, 0.15) is 5.56 Å². The van der Waals surface area contributed by atoms with E-state index in [0.717, 1.165) is 5.56 Å². The lowest BCUT2D eigenvalue weighted by molar-refractivity contribution is 0.262. The molecule has 126 valence electrons. The van der Waals surface area contributed by atoms with Gasteiger partial charge in [-0.2, -0.15) is 0 Å². The number of rotatable bonds is 4. The van der Waals surface area contributed by atoms with E-state index in [-0.39, 0.29) is 5.69 Å². The predicted molar refractivity (Wildman–Crippen MR) is 96.7 cm³/mol. The largest absolute Gasteiger partial charge is 0.457 e. The maximum Gasteiger partial charge on any atom is 0.323 e. The molecule has 3 rings (SSSR count). The number of amides is 2. The Hall–Kier alpha value is -3.34. The average Bonchev–Trinajstić information content (AvgIpc) is 2.59. The van der Waals surface area contributed by atoms with Crippen LogP contribution in [0.4, 0.5) is 20.6 Å². The number of anilines is 2. The molecule has 3 aromatic rings. The van der Waals surface area contributed by atoms with Crippen LogP contribution < -0.4 is 15.4 Å². The summed E-state index contributed by atoms with van der Waals surface area (Å²) in [4.78, 5) is 12.1. The molecule has 25 heavy (non-hydrogen) atoms. The van der Waals surface area contributed by atoms with Crippen LogP contribution in [0.2, 0.25) is 0 Å². The highest BCUT2D eigenvalue weighted by atomic mass is 19.1. The number of hydrogen-bond donors (Lipinski definition) is 2. The summed E-state index contributed by atoms with van der Waals surface area (Å²) in [6.07, 6.45) is 0. The predicted octanol–water partition coefficient (Wildman–Crippen LogP) is 5.57. The summed E-state index contributed by atoms with van der Waals surface area (Å²) in [5, 5.41) is 5.17. The highest BCUT2D eigenvalue weighted by molar-refractivity contribution is 6.00. The minimum Gasteiger partial charge on any atom is -0.457 e. The van der Waals surface area contributed by atoms with E-state index in [0.29, 0.717) is 17.2 Å². The third-order valence-corrected chi connectivity index (χ3v) is 3.44. The molecule has 0 bridgehead atoms. The molecule has 0 aliphatic carbocycles. The molecular weight excluding hydrogens is 319 g/mol. The van der Waals surface area contributed by atoms with Crippen LogP contribution in [0.15, 0.2) is 72.8 Å². The number of hydrogen-bond acceptors (Lipinski definition) is 2. The Balaban J connectivity index is 1.71. The average molecular weight is 336 g/mol. The van der Waals surface area contributed by atoms with E-state index in [1.807, 2.05) is 43.3 Å². The van der Waals surface area contributed by atoms with E-state index in [1.165, 1.54) is 18.2 Å². The van der Waals surface area contributed by atoms with Crippen LogP contribution in [-0.4, -0.2) is 6.03 Å². The Morgan fingerprint density at radius 2 is 1.68 bits per heavy atom. The van der Waals surface area contributed by atoms with Gasteiger partial charge in [0, 0.05) is 11.8 Å². The Labute approximate surface area is 145 Å². The van der Waals surface area contributed by atoms with Gasteiger partial charge in [0.25, 0.3) is 0 Å². The van der Waals surface area contributed by atoms with E-state index < -0.39 is 11.8 Å². The Morgan fingerprint density at radius 3 is 2.44 bits per heavy atom. The van der Waals surface area contributed by atoms with Crippen molar-refractivity contribution in [1.82, 2.24) is 0 Å². The number of benzene rings is 3. The van der Waals surface area contributed by atoms with Crippen LogP contribution in [0.3, 0.4) is 0 Å². The van der Waals surface area contributed by atoms with Gasteiger partial charge in [-0.1, -0.05) is 30.3 Å². The molecule has 4 nitrogen and oxygen atoms in total. The van der Waals surface area contributed by atoms with Gasteiger partial charge in [0.05, 0.1) is 5.69 Å². The molecule has 0 fully saturated rings. The fourth-order valence-electron chi connectivity index (χ4n) is 2.30. The van der Waals surface area contributed by atoms with Gasteiger partial charge >= 0.3 is 6.03 Å². The lowest BCUT2D eigenvalue weighted by Crippen LogP contribution is -2.20. The van der Waals surface area contributed by atoms with E-state index in [9.17, 15) is 9.18 Å². The molecule has 0 heterocycles. The number of aryl methyl sites for hydroxylation is 1. The fourth-order valence-corrected chi connectivity index (χ4v) is 2.30. The van der Waals surface area contributed by atoms with Crippen LogP contribution in [0.5, 0.6) is 11.5 Å². The molecule has 0 spiro atoms. The van der Waals surface area contributed by atoms with Gasteiger partial charge in [-0.3, -0.25) is 0 Å². The summed E-state index contributed by atoms with van der Waals surface area (Å²) in [6, 6.07) is 20.2. The highest BCUT2D eigenvalue weighted by Gasteiger charge is 2.09. The summed E-state index contributed by atoms with van der Waals surface area (Å²) in [5.41, 5.74) is 1.69. The molecule has 0 saturated carbocycles. The second-order valence-corrected chi connectivity index (χ2v) is 5.51. The van der Waals surface area contributed by atoms with E-state index in [1.54, 1.807) is 18.2 Å². The molecule has 5 heteroatoms. The number of urea groups is 1. The van der Waals surface area contributed by atoms with Crippen LogP contribution >= 0.6 is 0 Å². The first-order chi connectivity index (χ1) is 12.1. The zero-order valence-electron chi connectivity index (χ0n) is 13.6. The number of ether oxygens (including phenoxy) is 1. The maximum atomic E-state index is 14.0. The molecule has 0 atom stereocenters. The van der Waals surface area contributed by atoms with Crippen molar-refractivity contribution in [2.75, 3.05) is 10.6 Å². The summed E-state index contributed by atoms with van der Waals surface area (Å²) < 4.78 is 19.6. The first-order valence-electron chi connectivity index (χ1n) is 7.77. The third kappa shape index (κ3) is 4.57. The number of carbonyl (C=O) groups is 1. The first kappa shape index (κ1) is 16.5. The normalized spacial score (nSPS) is 10.2. The second-order valence-electron chi connectivity index (χ2n) is 5.51. The number of halogens is 1. The van der Waals surface area contributed by atoms with Crippen LogP contribution in [-0.2, 0) is 0 Å². The van der Waals surface area contributed by atoms with Gasteiger partial charge in [-0.25, -0.2) is 9.18 Å². The summed E-state index contributed by atoms with van der Waals surface area (Å²) >= 11 is 0. The molecule has 2 amide bonds. The molecule has 0 aliphatic heterocycles. The molecule has 0 unspecified atom stereocenters. The van der Waals surface area contributed by atoms with Crippen molar-refractivity contribution < 1.29 is 13.9 Å². The van der Waals surface area contributed by atoms with Crippen molar-refractivity contribution in [1.29, 1.82) is 0 Å². The molecular formula is C20H17FN2O2. The third-order valence-electron chi connectivity index (χ3n) is 3.44. The quantitative estimate of drug-likeness (QED) is 0.654. The topological polar surface area (TPSA) is 50.4 Å². The van der Waals surface area contributed by atoms with Gasteiger partial charge in [0.1, 0.15) is 17.3 Å². The Bertz CT molecular complexity index is 882. The van der Waals surface area contributed by atoms with Crippen molar-refractivity contribution in [3.63, 3.8) is 0 Å². The van der Waals surface area contributed by atoms with Crippen molar-refractivity contribution in [2.24, 2.45) is 0 Å². The number of carbonyl (C=O) groups excluding carboxylic acids is 1. The summed E-state index contributed by atoms with van der Waals surface area (Å²) in [6.45, 7) is 1.92. The standard InChI is InChI=1S/C20H17FN2O2/c1-14-6-5-7-15(12-14)22-20(24)23-19-13-17(10-11-18(19)21)25-16-8-3-2-4-9-16/h2-13H,1H3,(H2,22,23,24). The van der Waals surface area contributed by atoms with Gasteiger partial charge in [-0.15, -0.1) is 0 Å². The lowest BCUT2D eigenvalue weighted by Gasteiger charge is -2.11. The zero-order chi connectivity index (χ0) is 17.6. The Kier molecular flexibility index (Phi) is 4.95. The maximum absolute atomic E-state index is 14.0. The zero-order valence-corrected chi connectivity index (χ0v) is 13.6.